The summed E-state index contributed by atoms with van der Waals surface area (Å²) in [4.78, 5) is 20.7. The molecule has 1 saturated heterocycles. The molecular weight excluding hydrogens is 272 g/mol. The van der Waals surface area contributed by atoms with Crippen LogP contribution in [0.3, 0.4) is 0 Å². The Morgan fingerprint density at radius 1 is 1.30 bits per heavy atom. The normalized spacial score (nSPS) is 20.6. The number of hydrogen-bond acceptors (Lipinski definition) is 5. The number of thiazole rings is 1. The molecule has 2 heterocycles. The highest BCUT2D eigenvalue weighted by atomic mass is 32.1. The van der Waals surface area contributed by atoms with Crippen molar-refractivity contribution in [1.29, 1.82) is 0 Å². The number of anilines is 1. The number of carbonyl (C=O) groups is 1. The fourth-order valence-electron chi connectivity index (χ4n) is 2.99. The summed E-state index contributed by atoms with van der Waals surface area (Å²) in [5, 5.41) is 6.47. The van der Waals surface area contributed by atoms with E-state index in [0.29, 0.717) is 12.6 Å². The summed E-state index contributed by atoms with van der Waals surface area (Å²) in [6.07, 6.45) is 6.90. The summed E-state index contributed by atoms with van der Waals surface area (Å²) in [5.74, 6) is 0.246. The molecule has 0 spiro atoms. The third-order valence-corrected chi connectivity index (χ3v) is 5.05. The first kappa shape index (κ1) is 13.8. The molecule has 0 unspecified atom stereocenters. The minimum absolute atomic E-state index is 0.246. The van der Waals surface area contributed by atoms with Gasteiger partial charge in [-0.15, -0.1) is 11.3 Å². The quantitative estimate of drug-likeness (QED) is 0.910. The van der Waals surface area contributed by atoms with Crippen LogP contribution in [0, 0.1) is 0 Å². The fourth-order valence-corrected chi connectivity index (χ4v) is 3.69. The Bertz CT molecular complexity index is 422. The summed E-state index contributed by atoms with van der Waals surface area (Å²) in [6, 6.07) is 0.565. The Labute approximate surface area is 124 Å². The first-order valence-corrected chi connectivity index (χ1v) is 8.36. The minimum Gasteiger partial charge on any atom is -0.345 e. The topological polar surface area (TPSA) is 48.5 Å². The van der Waals surface area contributed by atoms with Crippen LogP contribution in [0.25, 0.3) is 0 Å². The van der Waals surface area contributed by atoms with Gasteiger partial charge >= 0.3 is 0 Å². The van der Waals surface area contributed by atoms with Crippen LogP contribution < -0.4 is 10.2 Å². The molecule has 0 aromatic carbocycles. The summed E-state index contributed by atoms with van der Waals surface area (Å²) in [6.45, 7) is 3.91. The zero-order chi connectivity index (χ0) is 13.8. The van der Waals surface area contributed by atoms with Gasteiger partial charge in [0.15, 0.2) is 5.13 Å². The van der Waals surface area contributed by atoms with E-state index in [1.54, 1.807) is 11.3 Å². The van der Waals surface area contributed by atoms with Gasteiger partial charge in [0, 0.05) is 43.8 Å². The lowest BCUT2D eigenvalue weighted by Gasteiger charge is -2.34. The number of hydrogen-bond donors (Lipinski definition) is 1. The summed E-state index contributed by atoms with van der Waals surface area (Å²) >= 11 is 1.67. The zero-order valence-electron chi connectivity index (χ0n) is 11.8. The fraction of sp³-hybridized carbons (Fsp3) is 0.714. The molecule has 2 aliphatic rings. The lowest BCUT2D eigenvalue weighted by atomic mass is 10.2. The molecule has 1 aromatic rings. The summed E-state index contributed by atoms with van der Waals surface area (Å²) in [5.41, 5.74) is 0. The Balaban J connectivity index is 1.42. The average Bonchev–Trinajstić information content (AvgIpc) is 3.18. The molecule has 6 heteroatoms. The zero-order valence-corrected chi connectivity index (χ0v) is 12.6. The van der Waals surface area contributed by atoms with E-state index in [2.05, 4.69) is 15.2 Å². The average molecular weight is 294 g/mol. The molecular formula is C14H22N4OS. The van der Waals surface area contributed by atoms with Gasteiger partial charge < -0.3 is 15.1 Å². The van der Waals surface area contributed by atoms with Crippen molar-refractivity contribution in [2.45, 2.75) is 31.7 Å². The number of nitrogens with zero attached hydrogens (tertiary/aromatic N) is 3. The number of piperazine rings is 1. The van der Waals surface area contributed by atoms with Gasteiger partial charge in [0.05, 0.1) is 6.54 Å². The predicted octanol–water partition coefficient (Wildman–Crippen LogP) is 1.32. The van der Waals surface area contributed by atoms with Crippen molar-refractivity contribution in [2.24, 2.45) is 0 Å². The number of nitrogens with one attached hydrogen (secondary N) is 1. The second kappa shape index (κ2) is 6.54. The van der Waals surface area contributed by atoms with Gasteiger partial charge in [0.25, 0.3) is 0 Å². The number of aromatic nitrogens is 1. The van der Waals surface area contributed by atoms with Crippen molar-refractivity contribution in [3.63, 3.8) is 0 Å². The maximum absolute atomic E-state index is 12.2. The van der Waals surface area contributed by atoms with Gasteiger partial charge in [-0.25, -0.2) is 4.98 Å². The van der Waals surface area contributed by atoms with Crippen LogP contribution in [0.15, 0.2) is 11.6 Å². The molecule has 0 radical (unpaired) electrons. The molecule has 0 atom stereocenters. The van der Waals surface area contributed by atoms with Gasteiger partial charge in [0.1, 0.15) is 0 Å². The van der Waals surface area contributed by atoms with E-state index in [4.69, 9.17) is 0 Å². The molecule has 1 saturated carbocycles. The molecule has 1 aliphatic carbocycles. The van der Waals surface area contributed by atoms with Gasteiger partial charge in [-0.2, -0.15) is 0 Å². The van der Waals surface area contributed by atoms with Crippen molar-refractivity contribution >= 4 is 22.4 Å². The van der Waals surface area contributed by atoms with Crippen molar-refractivity contribution in [2.75, 3.05) is 37.6 Å². The molecule has 20 heavy (non-hydrogen) atoms. The molecule has 1 N–H and O–H groups in total. The highest BCUT2D eigenvalue weighted by Crippen LogP contribution is 2.19. The van der Waals surface area contributed by atoms with Gasteiger partial charge in [-0.05, 0) is 12.8 Å². The van der Waals surface area contributed by atoms with Crippen LogP contribution in [-0.4, -0.2) is 54.6 Å². The number of amides is 1. The highest BCUT2D eigenvalue weighted by molar-refractivity contribution is 7.13. The van der Waals surface area contributed by atoms with E-state index in [-0.39, 0.29) is 5.91 Å². The van der Waals surface area contributed by atoms with Crippen LogP contribution in [0.1, 0.15) is 25.7 Å². The largest absolute Gasteiger partial charge is 0.345 e. The van der Waals surface area contributed by atoms with Crippen LogP contribution in [0.2, 0.25) is 0 Å². The minimum atomic E-state index is 0.246. The van der Waals surface area contributed by atoms with Crippen molar-refractivity contribution in [3.8, 4) is 0 Å². The molecule has 1 amide bonds. The molecule has 3 rings (SSSR count). The molecule has 2 fully saturated rings. The maximum Gasteiger partial charge on any atom is 0.236 e. The van der Waals surface area contributed by atoms with Gasteiger partial charge in [0.2, 0.25) is 5.91 Å². The second-order valence-electron chi connectivity index (χ2n) is 5.54. The molecule has 110 valence electrons. The standard InChI is InChI=1S/C14H22N4OS/c19-13(11-16-12-3-1-2-4-12)17-6-8-18(9-7-17)14-15-5-10-20-14/h5,10,12,16H,1-4,6-9,11H2. The molecule has 1 aromatic heterocycles. The lowest BCUT2D eigenvalue weighted by Crippen LogP contribution is -2.51. The third kappa shape index (κ3) is 3.30. The predicted molar refractivity (Wildman–Crippen MR) is 81.2 cm³/mol. The van der Waals surface area contributed by atoms with Crippen LogP contribution in [0.4, 0.5) is 5.13 Å². The molecule has 5 nitrogen and oxygen atoms in total. The van der Waals surface area contributed by atoms with E-state index < -0.39 is 0 Å². The van der Waals surface area contributed by atoms with Crippen LogP contribution >= 0.6 is 11.3 Å². The molecule has 1 aliphatic heterocycles. The van der Waals surface area contributed by atoms with Gasteiger partial charge in [-0.1, -0.05) is 12.8 Å². The summed E-state index contributed by atoms with van der Waals surface area (Å²) in [7, 11) is 0. The van der Waals surface area contributed by atoms with Crippen molar-refractivity contribution in [1.82, 2.24) is 15.2 Å². The van der Waals surface area contributed by atoms with E-state index in [0.717, 1.165) is 31.3 Å². The monoisotopic (exact) mass is 294 g/mol. The smallest absolute Gasteiger partial charge is 0.236 e. The van der Waals surface area contributed by atoms with E-state index in [1.807, 2.05) is 16.5 Å². The van der Waals surface area contributed by atoms with Crippen LogP contribution in [0.5, 0.6) is 0 Å². The Kier molecular flexibility index (Phi) is 4.52. The Morgan fingerprint density at radius 2 is 2.05 bits per heavy atom. The van der Waals surface area contributed by atoms with Gasteiger partial charge in [-0.3, -0.25) is 4.79 Å². The highest BCUT2D eigenvalue weighted by Gasteiger charge is 2.23. The first-order chi connectivity index (χ1) is 9.83. The number of rotatable bonds is 4. The molecule has 0 bridgehead atoms. The van der Waals surface area contributed by atoms with Crippen LogP contribution in [-0.2, 0) is 4.79 Å². The van der Waals surface area contributed by atoms with Crippen molar-refractivity contribution in [3.05, 3.63) is 11.6 Å². The van der Waals surface area contributed by atoms with E-state index >= 15 is 0 Å². The number of carbonyl (C=O) groups excluding carboxylic acids is 1. The third-order valence-electron chi connectivity index (χ3n) is 4.22. The lowest BCUT2D eigenvalue weighted by molar-refractivity contribution is -0.130. The van der Waals surface area contributed by atoms with Crippen molar-refractivity contribution < 1.29 is 4.79 Å². The van der Waals surface area contributed by atoms with E-state index in [9.17, 15) is 4.79 Å². The Morgan fingerprint density at radius 3 is 2.70 bits per heavy atom. The summed E-state index contributed by atoms with van der Waals surface area (Å²) < 4.78 is 0. The first-order valence-electron chi connectivity index (χ1n) is 7.48. The SMILES string of the molecule is O=C(CNC1CCCC1)N1CCN(c2nccs2)CC1. The second-order valence-corrected chi connectivity index (χ2v) is 6.42. The maximum atomic E-state index is 12.2. The Hall–Kier alpha value is -1.14. The van der Waals surface area contributed by atoms with E-state index in [1.165, 1.54) is 25.7 Å².